The predicted molar refractivity (Wildman–Crippen MR) is 108 cm³/mol. The van der Waals surface area contributed by atoms with Gasteiger partial charge in [0.25, 0.3) is 17.5 Å². The standard InChI is InChI=1S/C19H24ClN5O5/c1-12-5-7-19(8-6-12)17(27)24(18(28)21-19)22-16(26)11-23(2)10-13-9-14(25(29)30)3-4-15(13)20/h3-4,9,12H,5-8,10-11H2,1-2H3,(H,21,28)(H,22,26). The van der Waals surface area contributed by atoms with Crippen molar-refractivity contribution in [3.63, 3.8) is 0 Å². The summed E-state index contributed by atoms with van der Waals surface area (Å²) >= 11 is 6.09. The average molecular weight is 438 g/mol. The smallest absolute Gasteiger partial charge is 0.322 e. The summed E-state index contributed by atoms with van der Waals surface area (Å²) in [5, 5.41) is 14.8. The van der Waals surface area contributed by atoms with Crippen LogP contribution in [0.25, 0.3) is 0 Å². The van der Waals surface area contributed by atoms with Crippen molar-refractivity contribution in [2.75, 3.05) is 13.6 Å². The third-order valence-electron chi connectivity index (χ3n) is 5.62. The Morgan fingerprint density at radius 1 is 1.40 bits per heavy atom. The Morgan fingerprint density at radius 3 is 2.70 bits per heavy atom. The number of carbonyl (C=O) groups excluding carboxylic acids is 3. The highest BCUT2D eigenvalue weighted by atomic mass is 35.5. The molecule has 1 saturated heterocycles. The first-order valence-corrected chi connectivity index (χ1v) is 10.1. The largest absolute Gasteiger partial charge is 0.344 e. The van der Waals surface area contributed by atoms with Gasteiger partial charge in [-0.25, -0.2) is 4.79 Å². The Morgan fingerprint density at radius 2 is 2.07 bits per heavy atom. The SMILES string of the molecule is CC1CCC2(CC1)NC(=O)N(NC(=O)CN(C)Cc1cc([N+](=O)[O-])ccc1Cl)C2=O. The summed E-state index contributed by atoms with van der Waals surface area (Å²) in [5.74, 6) is -0.487. The van der Waals surface area contributed by atoms with Crippen LogP contribution in [0.1, 0.15) is 38.2 Å². The Labute approximate surface area is 178 Å². The number of urea groups is 1. The van der Waals surface area contributed by atoms with Crippen molar-refractivity contribution in [2.45, 2.75) is 44.7 Å². The van der Waals surface area contributed by atoms with Crippen molar-refractivity contribution in [2.24, 2.45) is 5.92 Å². The number of rotatable bonds is 6. The number of hydrazine groups is 1. The number of amides is 4. The van der Waals surface area contributed by atoms with Gasteiger partial charge < -0.3 is 5.32 Å². The second-order valence-corrected chi connectivity index (χ2v) is 8.48. The molecular formula is C19H24ClN5O5. The summed E-state index contributed by atoms with van der Waals surface area (Å²) in [5.41, 5.74) is 1.83. The van der Waals surface area contributed by atoms with Crippen LogP contribution in [0.3, 0.4) is 0 Å². The normalized spacial score (nSPS) is 23.7. The van der Waals surface area contributed by atoms with Crippen molar-refractivity contribution >= 4 is 35.1 Å². The minimum absolute atomic E-state index is 0.0984. The highest BCUT2D eigenvalue weighted by Gasteiger charge is 2.52. The van der Waals surface area contributed by atoms with Gasteiger partial charge in [0, 0.05) is 23.7 Å². The first kappa shape index (κ1) is 22.0. The molecule has 162 valence electrons. The van der Waals surface area contributed by atoms with Gasteiger partial charge in [0.15, 0.2) is 0 Å². The van der Waals surface area contributed by atoms with Gasteiger partial charge in [0.2, 0.25) is 0 Å². The van der Waals surface area contributed by atoms with Crippen molar-refractivity contribution in [1.29, 1.82) is 0 Å². The maximum Gasteiger partial charge on any atom is 0.344 e. The van der Waals surface area contributed by atoms with E-state index in [1.165, 1.54) is 18.2 Å². The van der Waals surface area contributed by atoms with Crippen molar-refractivity contribution < 1.29 is 19.3 Å². The molecule has 1 aliphatic heterocycles. The molecule has 0 radical (unpaired) electrons. The number of non-ortho nitro benzene ring substituents is 1. The van der Waals surface area contributed by atoms with E-state index in [0.717, 1.165) is 17.9 Å². The Bertz CT molecular complexity index is 884. The summed E-state index contributed by atoms with van der Waals surface area (Å²) in [6.07, 6.45) is 2.77. The fourth-order valence-electron chi connectivity index (χ4n) is 3.86. The molecule has 2 fully saturated rings. The van der Waals surface area contributed by atoms with Gasteiger partial charge in [-0.2, -0.15) is 5.01 Å². The van der Waals surface area contributed by atoms with Crippen LogP contribution in [0.2, 0.25) is 5.02 Å². The number of likely N-dealkylation sites (N-methyl/N-ethyl adjacent to an activating group) is 1. The van der Waals surface area contributed by atoms with Crippen LogP contribution >= 0.6 is 11.6 Å². The Balaban J connectivity index is 1.59. The number of nitro benzene ring substituents is 1. The third-order valence-corrected chi connectivity index (χ3v) is 5.99. The lowest BCUT2D eigenvalue weighted by Gasteiger charge is -2.33. The monoisotopic (exact) mass is 437 g/mol. The fraction of sp³-hybridized carbons (Fsp3) is 0.526. The summed E-state index contributed by atoms with van der Waals surface area (Å²) in [6, 6.07) is 3.45. The van der Waals surface area contributed by atoms with Gasteiger partial charge in [-0.1, -0.05) is 18.5 Å². The molecule has 1 saturated carbocycles. The molecule has 1 aromatic rings. The number of halogens is 1. The highest BCUT2D eigenvalue weighted by molar-refractivity contribution is 6.31. The Kier molecular flexibility index (Phi) is 6.27. The maximum absolute atomic E-state index is 12.8. The van der Waals surface area contributed by atoms with E-state index in [1.807, 2.05) is 0 Å². The van der Waals surface area contributed by atoms with Crippen LogP contribution in [0.5, 0.6) is 0 Å². The lowest BCUT2D eigenvalue weighted by molar-refractivity contribution is -0.384. The molecule has 1 spiro atoms. The van der Waals surface area contributed by atoms with Crippen molar-refractivity contribution in [3.8, 4) is 0 Å². The molecular weight excluding hydrogens is 414 g/mol. The van der Waals surface area contributed by atoms with E-state index in [0.29, 0.717) is 29.3 Å². The molecule has 2 N–H and O–H groups in total. The van der Waals surface area contributed by atoms with Crippen LogP contribution in [-0.2, 0) is 16.1 Å². The number of carbonyl (C=O) groups is 3. The van der Waals surface area contributed by atoms with Crippen LogP contribution in [0, 0.1) is 16.0 Å². The van der Waals surface area contributed by atoms with E-state index in [-0.39, 0.29) is 18.8 Å². The quantitative estimate of drug-likeness (QED) is 0.399. The van der Waals surface area contributed by atoms with E-state index < -0.39 is 28.3 Å². The first-order valence-electron chi connectivity index (χ1n) is 9.69. The molecule has 1 heterocycles. The number of hydrogen-bond acceptors (Lipinski definition) is 6. The zero-order valence-electron chi connectivity index (χ0n) is 16.8. The lowest BCUT2D eigenvalue weighted by atomic mass is 9.77. The van der Waals surface area contributed by atoms with E-state index in [1.54, 1.807) is 11.9 Å². The van der Waals surface area contributed by atoms with E-state index in [4.69, 9.17) is 11.6 Å². The summed E-state index contributed by atoms with van der Waals surface area (Å²) in [6.45, 7) is 2.15. The lowest BCUT2D eigenvalue weighted by Crippen LogP contribution is -2.52. The number of hydrogen-bond donors (Lipinski definition) is 2. The molecule has 11 heteroatoms. The van der Waals surface area contributed by atoms with E-state index in [9.17, 15) is 24.5 Å². The highest BCUT2D eigenvalue weighted by Crippen LogP contribution is 2.35. The fourth-order valence-corrected chi connectivity index (χ4v) is 4.04. The first-order chi connectivity index (χ1) is 14.1. The molecule has 1 aromatic carbocycles. The van der Waals surface area contributed by atoms with Crippen LogP contribution in [-0.4, -0.2) is 51.8 Å². The van der Waals surface area contributed by atoms with E-state index >= 15 is 0 Å². The van der Waals surface area contributed by atoms with Crippen molar-refractivity contribution in [1.82, 2.24) is 20.7 Å². The van der Waals surface area contributed by atoms with Crippen LogP contribution in [0.4, 0.5) is 10.5 Å². The molecule has 0 unspecified atom stereocenters. The number of imide groups is 1. The van der Waals surface area contributed by atoms with E-state index in [2.05, 4.69) is 17.7 Å². The van der Waals surface area contributed by atoms with Gasteiger partial charge >= 0.3 is 6.03 Å². The van der Waals surface area contributed by atoms with Gasteiger partial charge in [0.05, 0.1) is 11.5 Å². The molecule has 1 aliphatic carbocycles. The molecule has 3 rings (SSSR count). The minimum atomic E-state index is -0.931. The number of nitro groups is 1. The average Bonchev–Trinajstić information content (AvgIpc) is 2.90. The molecule has 2 aliphatic rings. The maximum atomic E-state index is 12.8. The molecule has 10 nitrogen and oxygen atoms in total. The second-order valence-electron chi connectivity index (χ2n) is 8.08. The topological polar surface area (TPSA) is 125 Å². The van der Waals surface area contributed by atoms with Crippen LogP contribution < -0.4 is 10.7 Å². The van der Waals surface area contributed by atoms with Gasteiger partial charge in [-0.15, -0.1) is 0 Å². The molecule has 0 aromatic heterocycles. The molecule has 0 bridgehead atoms. The molecule has 4 amide bonds. The number of nitrogens with zero attached hydrogens (tertiary/aromatic N) is 3. The van der Waals surface area contributed by atoms with Gasteiger partial charge in [0.1, 0.15) is 5.54 Å². The summed E-state index contributed by atoms with van der Waals surface area (Å²) < 4.78 is 0. The number of benzene rings is 1. The number of nitrogens with one attached hydrogen (secondary N) is 2. The molecule has 0 atom stereocenters. The Hall–Kier alpha value is -2.72. The van der Waals surface area contributed by atoms with Gasteiger partial charge in [-0.05, 0) is 50.3 Å². The van der Waals surface area contributed by atoms with Crippen molar-refractivity contribution in [3.05, 3.63) is 38.9 Å². The third kappa shape index (κ3) is 4.54. The summed E-state index contributed by atoms with van der Waals surface area (Å²) in [7, 11) is 1.63. The zero-order valence-corrected chi connectivity index (χ0v) is 17.6. The predicted octanol–water partition coefficient (Wildman–Crippen LogP) is 2.21. The van der Waals surface area contributed by atoms with Gasteiger partial charge in [-0.3, -0.25) is 30.0 Å². The molecule has 30 heavy (non-hydrogen) atoms. The summed E-state index contributed by atoms with van der Waals surface area (Å²) in [4.78, 5) is 49.5. The minimum Gasteiger partial charge on any atom is -0.322 e. The zero-order chi connectivity index (χ0) is 22.1. The second kappa shape index (κ2) is 8.57. The van der Waals surface area contributed by atoms with Crippen LogP contribution in [0.15, 0.2) is 18.2 Å².